The molecule has 0 heterocycles. The number of benzene rings is 2. The van der Waals surface area contributed by atoms with Crippen LogP contribution in [-0.2, 0) is 5.33 Å². The van der Waals surface area contributed by atoms with Gasteiger partial charge in [-0.2, -0.15) is 0 Å². The summed E-state index contributed by atoms with van der Waals surface area (Å²) in [6.45, 7) is 0. The lowest BCUT2D eigenvalue weighted by Gasteiger charge is -2.07. The Bertz CT molecular complexity index is 689. The van der Waals surface area contributed by atoms with E-state index in [1.54, 1.807) is 24.3 Å². The zero-order chi connectivity index (χ0) is 15.4. The van der Waals surface area contributed by atoms with Gasteiger partial charge < -0.3 is 5.32 Å². The SMILES string of the molecule is O=C(Nc1cc([N+](=O)[O-])ccc1F)c1ccc(CBr)cc1. The normalized spacial score (nSPS) is 10.2. The van der Waals surface area contributed by atoms with E-state index in [4.69, 9.17) is 0 Å². The fraction of sp³-hybridized carbons (Fsp3) is 0.0714. The highest BCUT2D eigenvalue weighted by Crippen LogP contribution is 2.22. The Hall–Kier alpha value is -2.28. The second kappa shape index (κ2) is 6.45. The van der Waals surface area contributed by atoms with E-state index in [9.17, 15) is 19.3 Å². The highest BCUT2D eigenvalue weighted by atomic mass is 79.9. The van der Waals surface area contributed by atoms with Gasteiger partial charge in [0.2, 0.25) is 0 Å². The minimum Gasteiger partial charge on any atom is -0.319 e. The average Bonchev–Trinajstić information content (AvgIpc) is 2.49. The van der Waals surface area contributed by atoms with Gasteiger partial charge in [0.15, 0.2) is 0 Å². The van der Waals surface area contributed by atoms with E-state index in [0.29, 0.717) is 10.9 Å². The predicted molar refractivity (Wildman–Crippen MR) is 80.1 cm³/mol. The molecule has 0 fully saturated rings. The van der Waals surface area contributed by atoms with Crippen LogP contribution < -0.4 is 5.32 Å². The summed E-state index contributed by atoms with van der Waals surface area (Å²) in [4.78, 5) is 22.0. The summed E-state index contributed by atoms with van der Waals surface area (Å²) in [5.74, 6) is -1.26. The van der Waals surface area contributed by atoms with Crippen molar-refractivity contribution in [3.63, 3.8) is 0 Å². The first-order valence-electron chi connectivity index (χ1n) is 5.91. The Labute approximate surface area is 128 Å². The van der Waals surface area contributed by atoms with Gasteiger partial charge >= 0.3 is 0 Å². The molecule has 0 aliphatic rings. The summed E-state index contributed by atoms with van der Waals surface area (Å²) in [6.07, 6.45) is 0. The number of anilines is 1. The quantitative estimate of drug-likeness (QED) is 0.515. The van der Waals surface area contributed by atoms with Gasteiger partial charge in [0.1, 0.15) is 5.82 Å². The van der Waals surface area contributed by atoms with Crippen molar-refractivity contribution in [3.8, 4) is 0 Å². The van der Waals surface area contributed by atoms with E-state index < -0.39 is 16.6 Å². The Balaban J connectivity index is 2.22. The van der Waals surface area contributed by atoms with Crippen LogP contribution in [0.4, 0.5) is 15.8 Å². The third-order valence-corrected chi connectivity index (χ3v) is 3.43. The summed E-state index contributed by atoms with van der Waals surface area (Å²) in [5, 5.41) is 13.6. The first-order chi connectivity index (χ1) is 10.0. The summed E-state index contributed by atoms with van der Waals surface area (Å²) in [7, 11) is 0. The smallest absolute Gasteiger partial charge is 0.271 e. The predicted octanol–water partition coefficient (Wildman–Crippen LogP) is 3.88. The van der Waals surface area contributed by atoms with Crippen molar-refractivity contribution in [1.29, 1.82) is 0 Å². The van der Waals surface area contributed by atoms with Gasteiger partial charge in [0.25, 0.3) is 11.6 Å². The van der Waals surface area contributed by atoms with Gasteiger partial charge in [0.05, 0.1) is 10.6 Å². The lowest BCUT2D eigenvalue weighted by atomic mass is 10.1. The third kappa shape index (κ3) is 3.63. The first kappa shape index (κ1) is 15.1. The molecule has 108 valence electrons. The maximum Gasteiger partial charge on any atom is 0.271 e. The highest BCUT2D eigenvalue weighted by molar-refractivity contribution is 9.08. The number of nitrogens with zero attached hydrogens (tertiary/aromatic N) is 1. The van der Waals surface area contributed by atoms with E-state index in [0.717, 1.165) is 23.8 Å². The average molecular weight is 353 g/mol. The number of rotatable bonds is 4. The molecule has 0 bridgehead atoms. The van der Waals surface area contributed by atoms with Crippen molar-refractivity contribution < 1.29 is 14.1 Å². The monoisotopic (exact) mass is 352 g/mol. The van der Waals surface area contributed by atoms with Crippen LogP contribution in [0.2, 0.25) is 0 Å². The number of nitro benzene ring substituents is 1. The van der Waals surface area contributed by atoms with Gasteiger partial charge in [-0.1, -0.05) is 28.1 Å². The zero-order valence-electron chi connectivity index (χ0n) is 10.7. The van der Waals surface area contributed by atoms with Gasteiger partial charge in [-0.15, -0.1) is 0 Å². The lowest BCUT2D eigenvalue weighted by Crippen LogP contribution is -2.13. The van der Waals surface area contributed by atoms with Crippen LogP contribution in [0.25, 0.3) is 0 Å². The summed E-state index contributed by atoms with van der Waals surface area (Å²) in [5.41, 5.74) is 0.818. The Morgan fingerprint density at radius 1 is 1.24 bits per heavy atom. The molecule has 0 saturated carbocycles. The molecule has 0 spiro atoms. The second-order valence-electron chi connectivity index (χ2n) is 4.21. The van der Waals surface area contributed by atoms with Gasteiger partial charge in [0, 0.05) is 23.0 Å². The maximum absolute atomic E-state index is 13.6. The van der Waals surface area contributed by atoms with Crippen LogP contribution >= 0.6 is 15.9 Å². The summed E-state index contributed by atoms with van der Waals surface area (Å²) in [6, 6.07) is 9.68. The van der Waals surface area contributed by atoms with Crippen molar-refractivity contribution in [2.24, 2.45) is 0 Å². The molecule has 2 aromatic carbocycles. The van der Waals surface area contributed by atoms with Crippen LogP contribution in [0.15, 0.2) is 42.5 Å². The molecule has 1 N–H and O–H groups in total. The molecule has 5 nitrogen and oxygen atoms in total. The van der Waals surface area contributed by atoms with E-state index in [1.807, 2.05) is 0 Å². The van der Waals surface area contributed by atoms with E-state index in [2.05, 4.69) is 21.2 Å². The van der Waals surface area contributed by atoms with Crippen LogP contribution in [0.1, 0.15) is 15.9 Å². The molecule has 0 unspecified atom stereocenters. The minimum atomic E-state index is -0.731. The molecule has 7 heteroatoms. The Kier molecular flexibility index (Phi) is 4.64. The topological polar surface area (TPSA) is 72.2 Å². The molecule has 0 radical (unpaired) electrons. The summed E-state index contributed by atoms with van der Waals surface area (Å²) >= 11 is 3.29. The van der Waals surface area contributed by atoms with Crippen LogP contribution in [0.3, 0.4) is 0 Å². The number of carbonyl (C=O) groups excluding carboxylic acids is 1. The number of halogens is 2. The molecule has 1 amide bonds. The second-order valence-corrected chi connectivity index (χ2v) is 4.77. The number of non-ortho nitro benzene ring substituents is 1. The molecular weight excluding hydrogens is 343 g/mol. The highest BCUT2D eigenvalue weighted by Gasteiger charge is 2.14. The Morgan fingerprint density at radius 3 is 2.48 bits per heavy atom. The lowest BCUT2D eigenvalue weighted by molar-refractivity contribution is -0.384. The third-order valence-electron chi connectivity index (χ3n) is 2.78. The number of carbonyl (C=O) groups is 1. The van der Waals surface area contributed by atoms with E-state index in [-0.39, 0.29) is 11.4 Å². The van der Waals surface area contributed by atoms with Crippen molar-refractivity contribution in [2.45, 2.75) is 5.33 Å². The Morgan fingerprint density at radius 2 is 1.90 bits per heavy atom. The first-order valence-corrected chi connectivity index (χ1v) is 7.03. The van der Waals surface area contributed by atoms with Gasteiger partial charge in [-0.3, -0.25) is 14.9 Å². The van der Waals surface area contributed by atoms with Crippen molar-refractivity contribution in [3.05, 3.63) is 69.5 Å². The van der Waals surface area contributed by atoms with Crippen molar-refractivity contribution in [2.75, 3.05) is 5.32 Å². The number of amides is 1. The maximum atomic E-state index is 13.6. The number of hydrogen-bond donors (Lipinski definition) is 1. The van der Waals surface area contributed by atoms with E-state index in [1.165, 1.54) is 0 Å². The largest absolute Gasteiger partial charge is 0.319 e. The van der Waals surface area contributed by atoms with Gasteiger partial charge in [-0.05, 0) is 23.8 Å². The van der Waals surface area contributed by atoms with Crippen LogP contribution in [-0.4, -0.2) is 10.8 Å². The fourth-order valence-corrected chi connectivity index (χ4v) is 2.04. The number of nitro groups is 1. The van der Waals surface area contributed by atoms with E-state index >= 15 is 0 Å². The fourth-order valence-electron chi connectivity index (χ4n) is 1.66. The molecule has 2 aromatic rings. The van der Waals surface area contributed by atoms with Crippen LogP contribution in [0, 0.1) is 15.9 Å². The number of hydrogen-bond acceptors (Lipinski definition) is 3. The molecule has 0 saturated heterocycles. The minimum absolute atomic E-state index is 0.223. The summed E-state index contributed by atoms with van der Waals surface area (Å²) < 4.78 is 13.6. The van der Waals surface area contributed by atoms with Crippen molar-refractivity contribution in [1.82, 2.24) is 0 Å². The molecule has 0 aromatic heterocycles. The molecule has 0 aliphatic heterocycles. The van der Waals surface area contributed by atoms with Crippen LogP contribution in [0.5, 0.6) is 0 Å². The molecular formula is C14H10BrFN2O3. The number of nitrogens with one attached hydrogen (secondary N) is 1. The molecule has 21 heavy (non-hydrogen) atoms. The zero-order valence-corrected chi connectivity index (χ0v) is 12.3. The van der Waals surface area contributed by atoms with Gasteiger partial charge in [-0.25, -0.2) is 4.39 Å². The number of alkyl halides is 1. The molecule has 2 rings (SSSR count). The molecule has 0 atom stereocenters. The molecule has 0 aliphatic carbocycles. The standard InChI is InChI=1S/C14H10BrFN2O3/c15-8-9-1-3-10(4-2-9)14(19)17-13-7-11(18(20)21)5-6-12(13)16/h1-7H,8H2,(H,17,19). The van der Waals surface area contributed by atoms with Crippen molar-refractivity contribution >= 4 is 33.2 Å².